The Bertz CT molecular complexity index is 118. The van der Waals surface area contributed by atoms with Crippen molar-refractivity contribution >= 4 is 12.6 Å². The fraction of sp³-hybridized carbons (Fsp3) is 0.500. The van der Waals surface area contributed by atoms with E-state index in [0.29, 0.717) is 6.41 Å². The van der Waals surface area contributed by atoms with Gasteiger partial charge in [0.15, 0.2) is 0 Å². The van der Waals surface area contributed by atoms with Crippen molar-refractivity contribution in [3.63, 3.8) is 0 Å². The van der Waals surface area contributed by atoms with Gasteiger partial charge in [-0.15, -0.1) is 6.58 Å². The molecule has 0 aromatic rings. The summed E-state index contributed by atoms with van der Waals surface area (Å²) >= 11 is 0. The van der Waals surface area contributed by atoms with Crippen molar-refractivity contribution in [1.82, 2.24) is 0 Å². The first-order chi connectivity index (χ1) is 4.91. The van der Waals surface area contributed by atoms with Gasteiger partial charge in [0, 0.05) is 6.21 Å². The zero-order chi connectivity index (χ0) is 7.66. The second-order valence-corrected chi connectivity index (χ2v) is 2.01. The molecular formula is C8H13NO. The van der Waals surface area contributed by atoms with Gasteiger partial charge in [-0.25, -0.2) is 4.99 Å². The van der Waals surface area contributed by atoms with Crippen LogP contribution in [0.25, 0.3) is 0 Å². The molecule has 0 radical (unpaired) electrons. The largest absolute Gasteiger partial charge is 0.276 e. The molecule has 0 aliphatic heterocycles. The quantitative estimate of drug-likeness (QED) is 0.239. The highest BCUT2D eigenvalue weighted by molar-refractivity contribution is 5.68. The SMILES string of the molecule is C=CCCCCC=NC=O. The molecule has 10 heavy (non-hydrogen) atoms. The van der Waals surface area contributed by atoms with E-state index in [1.54, 1.807) is 6.21 Å². The summed E-state index contributed by atoms with van der Waals surface area (Å²) in [6, 6.07) is 0. The molecule has 0 saturated heterocycles. The van der Waals surface area contributed by atoms with Crippen molar-refractivity contribution in [2.24, 2.45) is 4.99 Å². The zero-order valence-corrected chi connectivity index (χ0v) is 6.12. The van der Waals surface area contributed by atoms with Crippen LogP contribution in [-0.4, -0.2) is 12.6 Å². The third-order valence-corrected chi connectivity index (χ3v) is 1.16. The van der Waals surface area contributed by atoms with Crippen LogP contribution in [0.1, 0.15) is 25.7 Å². The minimum atomic E-state index is 0.563. The third kappa shape index (κ3) is 7.08. The normalized spacial score (nSPS) is 10.0. The van der Waals surface area contributed by atoms with E-state index in [0.717, 1.165) is 25.7 Å². The van der Waals surface area contributed by atoms with Crippen LogP contribution in [-0.2, 0) is 4.79 Å². The monoisotopic (exact) mass is 139 g/mol. The Labute approximate surface area is 61.7 Å². The third-order valence-electron chi connectivity index (χ3n) is 1.16. The summed E-state index contributed by atoms with van der Waals surface area (Å²) in [5.74, 6) is 0. The molecule has 2 heteroatoms. The lowest BCUT2D eigenvalue weighted by Crippen LogP contribution is -1.77. The van der Waals surface area contributed by atoms with Gasteiger partial charge < -0.3 is 0 Å². The standard InChI is InChI=1S/C8H13NO/c1-2-3-4-5-6-7-9-8-10/h2,7-8H,1,3-6H2. The Morgan fingerprint density at radius 3 is 2.60 bits per heavy atom. The average Bonchev–Trinajstić information content (AvgIpc) is 1.97. The van der Waals surface area contributed by atoms with E-state index in [1.807, 2.05) is 6.08 Å². The molecule has 0 aromatic heterocycles. The Morgan fingerprint density at radius 2 is 2.00 bits per heavy atom. The molecule has 0 aliphatic carbocycles. The molecule has 0 atom stereocenters. The highest BCUT2D eigenvalue weighted by atomic mass is 16.1. The molecule has 0 rings (SSSR count). The van der Waals surface area contributed by atoms with E-state index in [1.165, 1.54) is 0 Å². The van der Waals surface area contributed by atoms with Gasteiger partial charge >= 0.3 is 0 Å². The second kappa shape index (κ2) is 8.08. The predicted octanol–water partition coefficient (Wildman–Crippen LogP) is 1.96. The zero-order valence-electron chi connectivity index (χ0n) is 6.12. The van der Waals surface area contributed by atoms with Crippen LogP contribution in [0.4, 0.5) is 0 Å². The van der Waals surface area contributed by atoms with Gasteiger partial charge in [0.1, 0.15) is 0 Å². The summed E-state index contributed by atoms with van der Waals surface area (Å²) in [5, 5.41) is 0. The van der Waals surface area contributed by atoms with Gasteiger partial charge in [0.2, 0.25) is 6.41 Å². The van der Waals surface area contributed by atoms with Gasteiger partial charge in [-0.3, -0.25) is 4.79 Å². The molecule has 0 heterocycles. The first-order valence-electron chi connectivity index (χ1n) is 3.48. The number of carbonyl (C=O) groups is 1. The number of hydrogen-bond acceptors (Lipinski definition) is 1. The number of allylic oxidation sites excluding steroid dienone is 1. The fourth-order valence-corrected chi connectivity index (χ4v) is 0.642. The van der Waals surface area contributed by atoms with Crippen LogP contribution in [0.3, 0.4) is 0 Å². The molecular weight excluding hydrogens is 126 g/mol. The lowest BCUT2D eigenvalue weighted by molar-refractivity contribution is -0.106. The lowest BCUT2D eigenvalue weighted by atomic mass is 10.2. The Morgan fingerprint density at radius 1 is 1.30 bits per heavy atom. The van der Waals surface area contributed by atoms with Crippen molar-refractivity contribution in [2.75, 3.05) is 0 Å². The molecule has 0 aliphatic rings. The summed E-state index contributed by atoms with van der Waals surface area (Å²) in [6.45, 7) is 3.60. The fourth-order valence-electron chi connectivity index (χ4n) is 0.642. The van der Waals surface area contributed by atoms with E-state index in [9.17, 15) is 4.79 Å². The molecule has 0 N–H and O–H groups in total. The van der Waals surface area contributed by atoms with Gasteiger partial charge in [0.25, 0.3) is 0 Å². The number of hydrogen-bond donors (Lipinski definition) is 0. The first kappa shape index (κ1) is 9.08. The summed E-state index contributed by atoms with van der Waals surface area (Å²) in [5.41, 5.74) is 0. The van der Waals surface area contributed by atoms with E-state index in [-0.39, 0.29) is 0 Å². The van der Waals surface area contributed by atoms with Crippen molar-refractivity contribution in [1.29, 1.82) is 0 Å². The summed E-state index contributed by atoms with van der Waals surface area (Å²) < 4.78 is 0. The van der Waals surface area contributed by atoms with Gasteiger partial charge in [-0.1, -0.05) is 6.08 Å². The van der Waals surface area contributed by atoms with Crippen LogP contribution in [0.15, 0.2) is 17.6 Å². The number of aliphatic imine (C=N–C) groups is 1. The van der Waals surface area contributed by atoms with Gasteiger partial charge in [-0.05, 0) is 25.7 Å². The summed E-state index contributed by atoms with van der Waals surface area (Å²) in [4.78, 5) is 13.1. The number of carbonyl (C=O) groups excluding carboxylic acids is 1. The smallest absolute Gasteiger partial charge is 0.232 e. The van der Waals surface area contributed by atoms with Crippen molar-refractivity contribution in [2.45, 2.75) is 25.7 Å². The molecule has 0 aromatic carbocycles. The maximum atomic E-state index is 9.68. The molecule has 0 spiro atoms. The van der Waals surface area contributed by atoms with Crippen molar-refractivity contribution < 1.29 is 4.79 Å². The Balaban J connectivity index is 2.96. The van der Waals surface area contributed by atoms with Crippen LogP contribution < -0.4 is 0 Å². The lowest BCUT2D eigenvalue weighted by Gasteiger charge is -1.89. The van der Waals surface area contributed by atoms with Crippen LogP contribution in [0.5, 0.6) is 0 Å². The molecule has 2 nitrogen and oxygen atoms in total. The molecule has 0 bridgehead atoms. The molecule has 0 unspecified atom stereocenters. The minimum Gasteiger partial charge on any atom is -0.276 e. The molecule has 0 saturated carbocycles. The molecule has 0 fully saturated rings. The van der Waals surface area contributed by atoms with Gasteiger partial charge in [0.05, 0.1) is 0 Å². The minimum absolute atomic E-state index is 0.563. The highest BCUT2D eigenvalue weighted by Gasteiger charge is 1.81. The number of amides is 1. The predicted molar refractivity (Wildman–Crippen MR) is 43.2 cm³/mol. The first-order valence-corrected chi connectivity index (χ1v) is 3.48. The molecule has 56 valence electrons. The second-order valence-electron chi connectivity index (χ2n) is 2.01. The van der Waals surface area contributed by atoms with E-state index in [2.05, 4.69) is 11.6 Å². The number of rotatable bonds is 6. The topological polar surface area (TPSA) is 29.4 Å². The van der Waals surface area contributed by atoms with E-state index < -0.39 is 0 Å². The number of unbranched alkanes of at least 4 members (excludes halogenated alkanes) is 3. The Kier molecular flexibility index (Phi) is 7.34. The van der Waals surface area contributed by atoms with Crippen molar-refractivity contribution in [3.05, 3.63) is 12.7 Å². The highest BCUT2D eigenvalue weighted by Crippen LogP contribution is 1.97. The molecule has 1 amide bonds. The summed E-state index contributed by atoms with van der Waals surface area (Å²) in [6.07, 6.45) is 8.28. The van der Waals surface area contributed by atoms with Crippen LogP contribution >= 0.6 is 0 Å². The summed E-state index contributed by atoms with van der Waals surface area (Å²) in [7, 11) is 0. The van der Waals surface area contributed by atoms with E-state index >= 15 is 0 Å². The van der Waals surface area contributed by atoms with Crippen LogP contribution in [0.2, 0.25) is 0 Å². The number of nitrogens with zero attached hydrogens (tertiary/aromatic N) is 1. The van der Waals surface area contributed by atoms with Crippen LogP contribution in [0, 0.1) is 0 Å². The average molecular weight is 139 g/mol. The van der Waals surface area contributed by atoms with E-state index in [4.69, 9.17) is 0 Å². The maximum absolute atomic E-state index is 9.68. The van der Waals surface area contributed by atoms with Crippen molar-refractivity contribution in [3.8, 4) is 0 Å². The Hall–Kier alpha value is -0.920. The maximum Gasteiger partial charge on any atom is 0.232 e. The van der Waals surface area contributed by atoms with Gasteiger partial charge in [-0.2, -0.15) is 0 Å².